The predicted octanol–water partition coefficient (Wildman–Crippen LogP) is 4.55. The van der Waals surface area contributed by atoms with Gasteiger partial charge in [-0.1, -0.05) is 38.1 Å². The zero-order valence-electron chi connectivity index (χ0n) is 15.1. The molecule has 0 spiro atoms. The van der Waals surface area contributed by atoms with Gasteiger partial charge in [0.25, 0.3) is 0 Å². The fourth-order valence-corrected chi connectivity index (χ4v) is 3.72. The maximum Gasteiger partial charge on any atom is 0.317 e. The van der Waals surface area contributed by atoms with E-state index in [9.17, 15) is 9.18 Å². The van der Waals surface area contributed by atoms with Gasteiger partial charge in [-0.15, -0.1) is 11.3 Å². The summed E-state index contributed by atoms with van der Waals surface area (Å²) in [7, 11) is 1.76. The number of urea groups is 1. The quantitative estimate of drug-likeness (QED) is 0.715. The summed E-state index contributed by atoms with van der Waals surface area (Å²) in [5.74, 6) is -0.260. The van der Waals surface area contributed by atoms with Crippen molar-refractivity contribution in [2.45, 2.75) is 25.8 Å². The molecule has 0 aliphatic carbocycles. The van der Waals surface area contributed by atoms with Gasteiger partial charge in [0, 0.05) is 19.0 Å². The third-order valence-electron chi connectivity index (χ3n) is 4.36. The van der Waals surface area contributed by atoms with Crippen LogP contribution in [-0.4, -0.2) is 29.5 Å². The smallest absolute Gasteiger partial charge is 0.317 e. The molecule has 0 atom stereocenters. The van der Waals surface area contributed by atoms with Crippen molar-refractivity contribution in [1.82, 2.24) is 15.2 Å². The van der Waals surface area contributed by atoms with Crippen molar-refractivity contribution < 1.29 is 9.18 Å². The summed E-state index contributed by atoms with van der Waals surface area (Å²) in [6.45, 7) is 4.96. The SMILES string of the molecule is CN(Cc1nc2ccccc2s1)C(=O)NCC(C)(C)c1ccc(F)cc1. The van der Waals surface area contributed by atoms with E-state index in [1.54, 1.807) is 35.4 Å². The molecule has 0 unspecified atom stereocenters. The van der Waals surface area contributed by atoms with Gasteiger partial charge < -0.3 is 10.2 Å². The lowest BCUT2D eigenvalue weighted by Gasteiger charge is -2.27. The number of nitrogens with zero attached hydrogens (tertiary/aromatic N) is 2. The summed E-state index contributed by atoms with van der Waals surface area (Å²) in [5.41, 5.74) is 1.65. The molecule has 136 valence electrons. The monoisotopic (exact) mass is 371 g/mol. The molecular formula is C20H22FN3OS. The Morgan fingerprint density at radius 3 is 2.58 bits per heavy atom. The predicted molar refractivity (Wildman–Crippen MR) is 104 cm³/mol. The number of thiazole rings is 1. The van der Waals surface area contributed by atoms with E-state index >= 15 is 0 Å². The summed E-state index contributed by atoms with van der Waals surface area (Å²) in [6.07, 6.45) is 0. The fourth-order valence-electron chi connectivity index (χ4n) is 2.70. The number of hydrogen-bond donors (Lipinski definition) is 1. The van der Waals surface area contributed by atoms with Crippen LogP contribution in [0.3, 0.4) is 0 Å². The molecule has 26 heavy (non-hydrogen) atoms. The third-order valence-corrected chi connectivity index (χ3v) is 5.39. The Hall–Kier alpha value is -2.47. The van der Waals surface area contributed by atoms with Gasteiger partial charge in [-0.25, -0.2) is 14.2 Å². The van der Waals surface area contributed by atoms with Crippen molar-refractivity contribution in [3.05, 3.63) is 64.9 Å². The van der Waals surface area contributed by atoms with Crippen molar-refractivity contribution in [2.24, 2.45) is 0 Å². The molecule has 6 heteroatoms. The van der Waals surface area contributed by atoms with Crippen molar-refractivity contribution in [1.29, 1.82) is 0 Å². The van der Waals surface area contributed by atoms with Gasteiger partial charge in [-0.2, -0.15) is 0 Å². The number of para-hydroxylation sites is 1. The van der Waals surface area contributed by atoms with Crippen molar-refractivity contribution in [3.63, 3.8) is 0 Å². The van der Waals surface area contributed by atoms with Crippen LogP contribution in [0.4, 0.5) is 9.18 Å². The van der Waals surface area contributed by atoms with Crippen molar-refractivity contribution in [3.8, 4) is 0 Å². The Kier molecular flexibility index (Phi) is 5.23. The molecule has 3 aromatic rings. The first-order chi connectivity index (χ1) is 12.3. The molecule has 0 aliphatic rings. The molecule has 0 saturated carbocycles. The largest absolute Gasteiger partial charge is 0.337 e. The molecule has 0 bridgehead atoms. The van der Waals surface area contributed by atoms with E-state index in [2.05, 4.69) is 10.3 Å². The molecule has 0 fully saturated rings. The highest BCUT2D eigenvalue weighted by Gasteiger charge is 2.22. The number of hydrogen-bond acceptors (Lipinski definition) is 3. The van der Waals surface area contributed by atoms with E-state index in [1.165, 1.54) is 12.1 Å². The molecule has 0 aliphatic heterocycles. The Bertz CT molecular complexity index is 872. The minimum atomic E-state index is -0.292. The average molecular weight is 371 g/mol. The van der Waals surface area contributed by atoms with Gasteiger partial charge in [0.15, 0.2) is 0 Å². The van der Waals surface area contributed by atoms with Crippen LogP contribution < -0.4 is 5.32 Å². The lowest BCUT2D eigenvalue weighted by Crippen LogP contribution is -2.42. The lowest BCUT2D eigenvalue weighted by molar-refractivity contribution is 0.204. The molecule has 4 nitrogen and oxygen atoms in total. The minimum absolute atomic E-state index is 0.153. The van der Waals surface area contributed by atoms with Crippen LogP contribution in [0.5, 0.6) is 0 Å². The Balaban J connectivity index is 1.59. The van der Waals surface area contributed by atoms with Crippen LogP contribution in [0.15, 0.2) is 48.5 Å². The zero-order valence-corrected chi connectivity index (χ0v) is 15.9. The Morgan fingerprint density at radius 2 is 1.88 bits per heavy atom. The Morgan fingerprint density at radius 1 is 1.19 bits per heavy atom. The van der Waals surface area contributed by atoms with Gasteiger partial charge in [-0.3, -0.25) is 0 Å². The molecule has 1 heterocycles. The number of nitrogens with one attached hydrogen (secondary N) is 1. The van der Waals surface area contributed by atoms with Gasteiger partial charge in [-0.05, 0) is 29.8 Å². The molecular weight excluding hydrogens is 349 g/mol. The normalized spacial score (nSPS) is 11.5. The second-order valence-electron chi connectivity index (χ2n) is 6.98. The highest BCUT2D eigenvalue weighted by molar-refractivity contribution is 7.18. The first kappa shape index (κ1) is 18.3. The van der Waals surface area contributed by atoms with Crippen LogP contribution in [0.2, 0.25) is 0 Å². The third kappa shape index (κ3) is 4.19. The highest BCUT2D eigenvalue weighted by atomic mass is 32.1. The summed E-state index contributed by atoms with van der Waals surface area (Å²) in [4.78, 5) is 18.6. The summed E-state index contributed by atoms with van der Waals surface area (Å²) >= 11 is 1.60. The summed E-state index contributed by atoms with van der Waals surface area (Å²) < 4.78 is 14.2. The molecule has 0 radical (unpaired) electrons. The average Bonchev–Trinajstić information content (AvgIpc) is 3.02. The van der Waals surface area contributed by atoms with Gasteiger partial charge >= 0.3 is 6.03 Å². The maximum absolute atomic E-state index is 13.1. The first-order valence-electron chi connectivity index (χ1n) is 8.44. The molecule has 1 aromatic heterocycles. The number of benzene rings is 2. The van der Waals surface area contributed by atoms with Gasteiger partial charge in [0.1, 0.15) is 10.8 Å². The van der Waals surface area contributed by atoms with Gasteiger partial charge in [0.2, 0.25) is 0 Å². The standard InChI is InChI=1S/C20H22FN3OS/c1-20(2,14-8-10-15(21)11-9-14)13-22-19(25)24(3)12-18-23-16-6-4-5-7-17(16)26-18/h4-11H,12-13H2,1-3H3,(H,22,25). The lowest BCUT2D eigenvalue weighted by atomic mass is 9.84. The van der Waals surface area contributed by atoms with E-state index in [0.29, 0.717) is 13.1 Å². The van der Waals surface area contributed by atoms with Gasteiger partial charge in [0.05, 0.1) is 16.8 Å². The van der Waals surface area contributed by atoms with Crippen LogP contribution in [0.1, 0.15) is 24.4 Å². The number of fused-ring (bicyclic) bond motifs is 1. The minimum Gasteiger partial charge on any atom is -0.337 e. The first-order valence-corrected chi connectivity index (χ1v) is 9.26. The number of aromatic nitrogens is 1. The van der Waals surface area contributed by atoms with E-state index in [0.717, 1.165) is 20.8 Å². The number of halogens is 1. The Labute approximate surface area is 156 Å². The van der Waals surface area contributed by atoms with Crippen molar-refractivity contribution in [2.75, 3.05) is 13.6 Å². The van der Waals surface area contributed by atoms with E-state index in [-0.39, 0.29) is 17.3 Å². The second kappa shape index (κ2) is 7.41. The number of rotatable bonds is 5. The number of carbonyl (C=O) groups is 1. The van der Waals surface area contributed by atoms with Crippen LogP contribution in [-0.2, 0) is 12.0 Å². The molecule has 2 aromatic carbocycles. The van der Waals surface area contributed by atoms with Crippen molar-refractivity contribution >= 4 is 27.6 Å². The topological polar surface area (TPSA) is 45.2 Å². The maximum atomic E-state index is 13.1. The van der Waals surface area contributed by atoms with Crippen LogP contribution >= 0.6 is 11.3 Å². The summed E-state index contributed by atoms with van der Waals surface area (Å²) in [6, 6.07) is 14.2. The van der Waals surface area contributed by atoms with E-state index in [1.807, 2.05) is 38.1 Å². The second-order valence-corrected chi connectivity index (χ2v) is 8.10. The van der Waals surface area contributed by atoms with E-state index in [4.69, 9.17) is 0 Å². The molecule has 1 N–H and O–H groups in total. The number of amides is 2. The number of carbonyl (C=O) groups excluding carboxylic acids is 1. The zero-order chi connectivity index (χ0) is 18.7. The fraction of sp³-hybridized carbons (Fsp3) is 0.300. The molecule has 2 amide bonds. The van der Waals surface area contributed by atoms with Crippen LogP contribution in [0.25, 0.3) is 10.2 Å². The molecule has 3 rings (SSSR count). The summed E-state index contributed by atoms with van der Waals surface area (Å²) in [5, 5.41) is 3.86. The van der Waals surface area contributed by atoms with E-state index < -0.39 is 0 Å². The highest BCUT2D eigenvalue weighted by Crippen LogP contribution is 2.24. The van der Waals surface area contributed by atoms with Crippen LogP contribution in [0, 0.1) is 5.82 Å². The molecule has 0 saturated heterocycles.